The molecule has 0 unspecified atom stereocenters. The first-order valence-corrected chi connectivity index (χ1v) is 14.5. The second-order valence-electron chi connectivity index (χ2n) is 12.4. The number of amidine groups is 1. The second kappa shape index (κ2) is 14.9. The van der Waals surface area contributed by atoms with Gasteiger partial charge in [0.25, 0.3) is 5.96 Å². The topological polar surface area (TPSA) is 184 Å². The molecular formula is C29H43N7O8. The van der Waals surface area contributed by atoms with Gasteiger partial charge in [-0.2, -0.15) is 5.06 Å². The van der Waals surface area contributed by atoms with Gasteiger partial charge in [0, 0.05) is 13.0 Å². The van der Waals surface area contributed by atoms with Crippen LogP contribution in [0.5, 0.6) is 0 Å². The van der Waals surface area contributed by atoms with Crippen LogP contribution in [-0.2, 0) is 30.6 Å². The van der Waals surface area contributed by atoms with E-state index in [1.807, 2.05) is 30.3 Å². The highest BCUT2D eigenvalue weighted by Gasteiger charge is 2.47. The molecule has 3 rings (SSSR count). The van der Waals surface area contributed by atoms with Crippen molar-refractivity contribution in [2.75, 3.05) is 13.2 Å². The number of hydrogen-bond donors (Lipinski definition) is 4. The lowest BCUT2D eigenvalue weighted by atomic mass is 10.00. The summed E-state index contributed by atoms with van der Waals surface area (Å²) in [6.45, 7) is 10.7. The fraction of sp³-hybridized carbons (Fsp3) is 0.586. The molecule has 1 aromatic carbocycles. The Morgan fingerprint density at radius 1 is 0.955 bits per heavy atom. The number of nitrogens with zero attached hydrogens (tertiary/aromatic N) is 3. The van der Waals surface area contributed by atoms with Crippen molar-refractivity contribution in [2.24, 2.45) is 5.16 Å². The number of nitrogens with one attached hydrogen (secondary N) is 4. The lowest BCUT2D eigenvalue weighted by Gasteiger charge is -2.30. The summed E-state index contributed by atoms with van der Waals surface area (Å²) < 4.78 is 10.3. The van der Waals surface area contributed by atoms with E-state index in [9.17, 15) is 19.2 Å². The molecule has 2 saturated heterocycles. The zero-order chi connectivity index (χ0) is 32.5. The maximum Gasteiger partial charge on any atom is 0.414 e. The Bertz CT molecular complexity index is 1190. The molecule has 4 N–H and O–H groups in total. The molecule has 0 aliphatic carbocycles. The van der Waals surface area contributed by atoms with E-state index in [-0.39, 0.29) is 49.9 Å². The van der Waals surface area contributed by atoms with Gasteiger partial charge in [0.1, 0.15) is 30.3 Å². The third-order valence-electron chi connectivity index (χ3n) is 6.18. The molecule has 0 saturated carbocycles. The molecule has 2 atom stereocenters. The molecule has 5 amide bonds. The van der Waals surface area contributed by atoms with Crippen molar-refractivity contribution >= 4 is 35.9 Å². The molecule has 0 aromatic heterocycles. The predicted octanol–water partition coefficient (Wildman–Crippen LogP) is 3.60. The van der Waals surface area contributed by atoms with Gasteiger partial charge in [-0.3, -0.25) is 25.7 Å². The van der Waals surface area contributed by atoms with Crippen LogP contribution >= 0.6 is 0 Å². The summed E-state index contributed by atoms with van der Waals surface area (Å²) >= 11 is 0. The Morgan fingerprint density at radius 3 is 2.16 bits per heavy atom. The van der Waals surface area contributed by atoms with Crippen LogP contribution in [0.3, 0.4) is 0 Å². The van der Waals surface area contributed by atoms with E-state index in [0.717, 1.165) is 5.56 Å². The van der Waals surface area contributed by atoms with E-state index in [1.165, 1.54) is 5.06 Å². The molecule has 2 aliphatic heterocycles. The van der Waals surface area contributed by atoms with Crippen LogP contribution in [0.1, 0.15) is 72.8 Å². The fourth-order valence-electron chi connectivity index (χ4n) is 4.40. The van der Waals surface area contributed by atoms with Crippen LogP contribution in [0.15, 0.2) is 35.5 Å². The van der Waals surface area contributed by atoms with Gasteiger partial charge in [-0.05, 0) is 71.5 Å². The smallest absolute Gasteiger partial charge is 0.414 e. The van der Waals surface area contributed by atoms with Crippen molar-refractivity contribution in [3.05, 3.63) is 35.9 Å². The quantitative estimate of drug-likeness (QED) is 0.140. The first kappa shape index (κ1) is 34.1. The summed E-state index contributed by atoms with van der Waals surface area (Å²) in [5, 5.41) is 20.7. The predicted molar refractivity (Wildman–Crippen MR) is 159 cm³/mol. The number of ether oxygens (including phenoxy) is 2. The van der Waals surface area contributed by atoms with Crippen molar-refractivity contribution in [1.29, 1.82) is 5.41 Å². The third kappa shape index (κ3) is 11.0. The van der Waals surface area contributed by atoms with E-state index < -0.39 is 35.3 Å². The van der Waals surface area contributed by atoms with Crippen molar-refractivity contribution in [3.8, 4) is 0 Å². The van der Waals surface area contributed by atoms with Gasteiger partial charge in [-0.25, -0.2) is 14.4 Å². The molecule has 242 valence electrons. The van der Waals surface area contributed by atoms with Crippen molar-refractivity contribution < 1.29 is 38.3 Å². The van der Waals surface area contributed by atoms with Gasteiger partial charge in [-0.1, -0.05) is 30.3 Å². The number of carbonyl (C=O) groups excluding carboxylic acids is 4. The van der Waals surface area contributed by atoms with Gasteiger partial charge < -0.3 is 24.5 Å². The van der Waals surface area contributed by atoms with E-state index in [4.69, 9.17) is 24.6 Å². The number of alkyl carbamates (subject to hydrolysis) is 2. The van der Waals surface area contributed by atoms with Crippen LogP contribution in [-0.4, -0.2) is 82.3 Å². The van der Waals surface area contributed by atoms with Crippen molar-refractivity contribution in [3.63, 3.8) is 0 Å². The van der Waals surface area contributed by atoms with E-state index >= 15 is 0 Å². The SMILES string of the molecule is CC(C)(C)OC(=O)NC(=NOCCCC(=O)NC(=N)[C@@H]1CC[C@@H]2CN1C(=O)N2OCc1ccccc1)NC(=O)OC(C)(C)C. The largest absolute Gasteiger partial charge is 0.444 e. The molecule has 15 heteroatoms. The number of hydrogen-bond acceptors (Lipinski definition) is 10. The lowest BCUT2D eigenvalue weighted by molar-refractivity contribution is -0.140. The Kier molecular flexibility index (Phi) is 11.5. The number of fused-ring (bicyclic) bond motifs is 2. The number of hydroxylamine groups is 2. The summed E-state index contributed by atoms with van der Waals surface area (Å²) in [4.78, 5) is 62.4. The van der Waals surface area contributed by atoms with Gasteiger partial charge in [0.05, 0.1) is 12.1 Å². The maximum atomic E-state index is 13.0. The zero-order valence-electron chi connectivity index (χ0n) is 26.1. The number of urea groups is 1. The molecule has 2 bridgehead atoms. The Labute approximate surface area is 257 Å². The van der Waals surface area contributed by atoms with Crippen molar-refractivity contribution in [1.82, 2.24) is 25.9 Å². The summed E-state index contributed by atoms with van der Waals surface area (Å²) in [5.41, 5.74) is -0.641. The molecule has 0 spiro atoms. The van der Waals surface area contributed by atoms with Crippen LogP contribution in [0.25, 0.3) is 0 Å². The summed E-state index contributed by atoms with van der Waals surface area (Å²) in [5.74, 6) is -0.837. The number of amides is 5. The molecule has 44 heavy (non-hydrogen) atoms. The number of carbonyl (C=O) groups is 4. The second-order valence-corrected chi connectivity index (χ2v) is 12.4. The van der Waals surface area contributed by atoms with E-state index in [2.05, 4.69) is 21.1 Å². The van der Waals surface area contributed by atoms with Gasteiger partial charge in [0.15, 0.2) is 0 Å². The number of benzene rings is 1. The maximum absolute atomic E-state index is 13.0. The molecule has 15 nitrogen and oxygen atoms in total. The van der Waals surface area contributed by atoms with Crippen LogP contribution < -0.4 is 16.0 Å². The van der Waals surface area contributed by atoms with E-state index in [1.54, 1.807) is 46.4 Å². The minimum Gasteiger partial charge on any atom is -0.444 e. The molecule has 2 aliphatic rings. The highest BCUT2D eigenvalue weighted by molar-refractivity contribution is 6.01. The number of piperidine rings is 1. The molecule has 0 radical (unpaired) electrons. The summed E-state index contributed by atoms with van der Waals surface area (Å²) in [6, 6.07) is 8.54. The lowest BCUT2D eigenvalue weighted by Crippen LogP contribution is -2.50. The van der Waals surface area contributed by atoms with Crippen LogP contribution in [0.2, 0.25) is 0 Å². The monoisotopic (exact) mass is 617 g/mol. The standard InChI is InChI=1S/C29H43N7O8/c1-28(2,3)43-25(38)32-24(33-26(39)44-29(4,5)6)34-41-16-10-13-22(37)31-23(30)21-15-14-20-17-35(21)27(40)36(20)42-18-19-11-8-7-9-12-19/h7-9,11-12,20-21H,10,13-18H2,1-6H3,(H2,30,31,37)(H2,32,33,34,38,39)/t20-,21+/m1/s1. The average molecular weight is 618 g/mol. The van der Waals surface area contributed by atoms with E-state index in [0.29, 0.717) is 19.4 Å². The van der Waals surface area contributed by atoms with Crippen LogP contribution in [0.4, 0.5) is 14.4 Å². The minimum atomic E-state index is -0.870. The molecule has 1 aromatic rings. The van der Waals surface area contributed by atoms with Gasteiger partial charge in [-0.15, -0.1) is 0 Å². The Balaban J connectivity index is 1.44. The van der Waals surface area contributed by atoms with Gasteiger partial charge >= 0.3 is 18.2 Å². The summed E-state index contributed by atoms with van der Waals surface area (Å²) in [7, 11) is 0. The Hall–Kier alpha value is -4.40. The number of guanidine groups is 1. The first-order chi connectivity index (χ1) is 20.6. The normalized spacial score (nSPS) is 17.8. The highest BCUT2D eigenvalue weighted by Crippen LogP contribution is 2.30. The minimum absolute atomic E-state index is 0.00181. The van der Waals surface area contributed by atoms with Crippen molar-refractivity contribution in [2.45, 2.75) is 97.1 Å². The summed E-state index contributed by atoms with van der Waals surface area (Å²) in [6.07, 6.45) is -0.359. The average Bonchev–Trinajstić information content (AvgIpc) is 3.14. The number of oxime groups is 1. The Morgan fingerprint density at radius 2 is 1.57 bits per heavy atom. The molecule has 2 heterocycles. The van der Waals surface area contributed by atoms with Crippen LogP contribution in [0, 0.1) is 5.41 Å². The third-order valence-corrected chi connectivity index (χ3v) is 6.18. The number of rotatable bonds is 9. The zero-order valence-corrected chi connectivity index (χ0v) is 26.1. The van der Waals surface area contributed by atoms with Gasteiger partial charge in [0.2, 0.25) is 5.91 Å². The molecule has 2 fully saturated rings. The fourth-order valence-corrected chi connectivity index (χ4v) is 4.40. The first-order valence-electron chi connectivity index (χ1n) is 14.5. The highest BCUT2D eigenvalue weighted by atomic mass is 16.7. The molecular weight excluding hydrogens is 574 g/mol.